The number of hydrogen-bond donors (Lipinski definition) is 1. The van der Waals surface area contributed by atoms with Crippen LogP contribution in [-0.2, 0) is 4.79 Å². The van der Waals surface area contributed by atoms with Crippen LogP contribution in [0.1, 0.15) is 46.0 Å². The standard InChI is InChI=1S/C15H27NO2/c1-4-5-9-12(2)15(18)14-13(17)10-7-6-8-11-16(14)3/h4-5,12,14-15,18H,6-11H2,1-3H3/b5-4+. The van der Waals surface area contributed by atoms with Crippen LogP contribution in [0, 0.1) is 5.92 Å². The van der Waals surface area contributed by atoms with E-state index < -0.39 is 6.10 Å². The van der Waals surface area contributed by atoms with Gasteiger partial charge < -0.3 is 5.11 Å². The molecule has 0 aliphatic carbocycles. The second-order valence-electron chi connectivity index (χ2n) is 5.48. The molecule has 3 heteroatoms. The lowest BCUT2D eigenvalue weighted by molar-refractivity contribution is -0.130. The second-order valence-corrected chi connectivity index (χ2v) is 5.48. The van der Waals surface area contributed by atoms with E-state index in [0.717, 1.165) is 32.2 Å². The monoisotopic (exact) mass is 253 g/mol. The summed E-state index contributed by atoms with van der Waals surface area (Å²) >= 11 is 0. The van der Waals surface area contributed by atoms with Gasteiger partial charge in [0.05, 0.1) is 12.1 Å². The molecule has 0 spiro atoms. The molecule has 0 amide bonds. The molecule has 0 bridgehead atoms. The number of carbonyl (C=O) groups excluding carboxylic acids is 1. The van der Waals surface area contributed by atoms with Crippen molar-refractivity contribution in [1.29, 1.82) is 0 Å². The Bertz CT molecular complexity index is 288. The van der Waals surface area contributed by atoms with Crippen molar-refractivity contribution < 1.29 is 9.90 Å². The van der Waals surface area contributed by atoms with Gasteiger partial charge in [0, 0.05) is 6.42 Å². The van der Waals surface area contributed by atoms with Crippen molar-refractivity contribution in [2.24, 2.45) is 5.92 Å². The Morgan fingerprint density at radius 3 is 2.83 bits per heavy atom. The molecule has 1 aliphatic rings. The van der Waals surface area contributed by atoms with Gasteiger partial charge in [-0.15, -0.1) is 0 Å². The van der Waals surface area contributed by atoms with Crippen LogP contribution in [0.3, 0.4) is 0 Å². The fraction of sp³-hybridized carbons (Fsp3) is 0.800. The number of likely N-dealkylation sites (tertiary alicyclic amines) is 1. The molecule has 0 aromatic rings. The summed E-state index contributed by atoms with van der Waals surface area (Å²) in [5.41, 5.74) is 0. The van der Waals surface area contributed by atoms with E-state index in [-0.39, 0.29) is 17.7 Å². The third-order valence-corrected chi connectivity index (χ3v) is 3.89. The van der Waals surface area contributed by atoms with Gasteiger partial charge in [-0.1, -0.05) is 25.5 Å². The Morgan fingerprint density at radius 2 is 2.17 bits per heavy atom. The highest BCUT2D eigenvalue weighted by atomic mass is 16.3. The lowest BCUT2D eigenvalue weighted by Gasteiger charge is -2.34. The molecule has 1 N–H and O–H groups in total. The normalized spacial score (nSPS) is 26.9. The summed E-state index contributed by atoms with van der Waals surface area (Å²) in [6, 6.07) is -0.314. The Hall–Kier alpha value is -0.670. The molecule has 1 heterocycles. The molecule has 3 unspecified atom stereocenters. The topological polar surface area (TPSA) is 40.5 Å². The molecule has 0 radical (unpaired) electrons. The SMILES string of the molecule is C/C=C/CC(C)C(O)C1C(=O)CCCCCN1C. The highest BCUT2D eigenvalue weighted by molar-refractivity contribution is 5.84. The van der Waals surface area contributed by atoms with Gasteiger partial charge in [0.2, 0.25) is 0 Å². The zero-order chi connectivity index (χ0) is 13.5. The minimum atomic E-state index is -0.559. The van der Waals surface area contributed by atoms with Crippen LogP contribution in [0.25, 0.3) is 0 Å². The van der Waals surface area contributed by atoms with Crippen molar-refractivity contribution in [3.8, 4) is 0 Å². The largest absolute Gasteiger partial charge is 0.391 e. The molecule has 104 valence electrons. The van der Waals surface area contributed by atoms with Crippen LogP contribution in [0.4, 0.5) is 0 Å². The van der Waals surface area contributed by atoms with Gasteiger partial charge in [0.15, 0.2) is 5.78 Å². The number of nitrogens with zero attached hydrogens (tertiary/aromatic N) is 1. The van der Waals surface area contributed by atoms with Crippen molar-refractivity contribution in [3.05, 3.63) is 12.2 Å². The molecular weight excluding hydrogens is 226 g/mol. The number of likely N-dealkylation sites (N-methyl/N-ethyl adjacent to an activating group) is 1. The van der Waals surface area contributed by atoms with E-state index in [9.17, 15) is 9.90 Å². The van der Waals surface area contributed by atoms with Gasteiger partial charge in [0.1, 0.15) is 0 Å². The smallest absolute Gasteiger partial charge is 0.152 e. The molecular formula is C15H27NO2. The molecule has 1 rings (SSSR count). The van der Waals surface area contributed by atoms with Crippen molar-refractivity contribution in [1.82, 2.24) is 4.90 Å². The van der Waals surface area contributed by atoms with Crippen LogP contribution in [0.5, 0.6) is 0 Å². The van der Waals surface area contributed by atoms with Crippen molar-refractivity contribution in [2.75, 3.05) is 13.6 Å². The van der Waals surface area contributed by atoms with E-state index >= 15 is 0 Å². The first-order chi connectivity index (χ1) is 8.57. The van der Waals surface area contributed by atoms with Crippen LogP contribution in [0.2, 0.25) is 0 Å². The van der Waals surface area contributed by atoms with Crippen LogP contribution in [0.15, 0.2) is 12.2 Å². The summed E-state index contributed by atoms with van der Waals surface area (Å²) in [5, 5.41) is 10.4. The van der Waals surface area contributed by atoms with Crippen molar-refractivity contribution in [3.63, 3.8) is 0 Å². The van der Waals surface area contributed by atoms with E-state index in [1.165, 1.54) is 0 Å². The van der Waals surface area contributed by atoms with Crippen molar-refractivity contribution >= 4 is 5.78 Å². The zero-order valence-electron chi connectivity index (χ0n) is 11.9. The Labute approximate surface area is 111 Å². The van der Waals surface area contributed by atoms with Crippen LogP contribution < -0.4 is 0 Å². The Kier molecular flexibility index (Phi) is 6.58. The Morgan fingerprint density at radius 1 is 1.44 bits per heavy atom. The van der Waals surface area contributed by atoms with E-state index in [0.29, 0.717) is 6.42 Å². The third kappa shape index (κ3) is 4.21. The number of rotatable bonds is 4. The van der Waals surface area contributed by atoms with Gasteiger partial charge in [-0.3, -0.25) is 9.69 Å². The highest BCUT2D eigenvalue weighted by Gasteiger charge is 2.33. The first-order valence-corrected chi connectivity index (χ1v) is 7.10. The summed E-state index contributed by atoms with van der Waals surface area (Å²) in [5.74, 6) is 0.328. The summed E-state index contributed by atoms with van der Waals surface area (Å²) in [6.07, 6.45) is 8.14. The van der Waals surface area contributed by atoms with E-state index in [1.54, 1.807) is 0 Å². The Balaban J connectivity index is 2.70. The average Bonchev–Trinajstić information content (AvgIpc) is 2.33. The van der Waals surface area contributed by atoms with Crippen LogP contribution in [-0.4, -0.2) is 41.5 Å². The van der Waals surface area contributed by atoms with E-state index in [4.69, 9.17) is 0 Å². The summed E-state index contributed by atoms with van der Waals surface area (Å²) in [6.45, 7) is 4.90. The fourth-order valence-corrected chi connectivity index (χ4v) is 2.62. The number of Topliss-reactive ketones (excluding diaryl/α,β-unsaturated/α-hetero) is 1. The van der Waals surface area contributed by atoms with Crippen LogP contribution >= 0.6 is 0 Å². The summed E-state index contributed by atoms with van der Waals surface area (Å²) < 4.78 is 0. The maximum Gasteiger partial charge on any atom is 0.152 e. The van der Waals surface area contributed by atoms with Crippen molar-refractivity contribution in [2.45, 2.75) is 58.1 Å². The number of carbonyl (C=O) groups is 1. The third-order valence-electron chi connectivity index (χ3n) is 3.89. The molecule has 1 saturated heterocycles. The highest BCUT2D eigenvalue weighted by Crippen LogP contribution is 2.21. The maximum absolute atomic E-state index is 12.2. The number of ketones is 1. The number of aliphatic hydroxyl groups excluding tert-OH is 1. The quantitative estimate of drug-likeness (QED) is 0.782. The van der Waals surface area contributed by atoms with Gasteiger partial charge in [-0.2, -0.15) is 0 Å². The summed E-state index contributed by atoms with van der Waals surface area (Å²) in [4.78, 5) is 14.2. The molecule has 0 aromatic heterocycles. The van der Waals surface area contributed by atoms with Gasteiger partial charge in [0.25, 0.3) is 0 Å². The predicted molar refractivity (Wildman–Crippen MR) is 74.5 cm³/mol. The molecule has 18 heavy (non-hydrogen) atoms. The number of aliphatic hydroxyl groups is 1. The average molecular weight is 253 g/mol. The van der Waals surface area contributed by atoms with E-state index in [1.807, 2.05) is 31.9 Å². The first kappa shape index (κ1) is 15.4. The summed E-state index contributed by atoms with van der Waals surface area (Å²) in [7, 11) is 1.96. The molecule has 0 aromatic carbocycles. The minimum Gasteiger partial charge on any atom is -0.391 e. The zero-order valence-corrected chi connectivity index (χ0v) is 11.9. The number of hydrogen-bond acceptors (Lipinski definition) is 3. The fourth-order valence-electron chi connectivity index (χ4n) is 2.62. The maximum atomic E-state index is 12.2. The number of allylic oxidation sites excluding steroid dienone is 2. The molecule has 3 nitrogen and oxygen atoms in total. The van der Waals surface area contributed by atoms with Gasteiger partial charge >= 0.3 is 0 Å². The lowest BCUT2D eigenvalue weighted by Crippen LogP contribution is -2.50. The first-order valence-electron chi connectivity index (χ1n) is 7.10. The van der Waals surface area contributed by atoms with E-state index in [2.05, 4.69) is 6.08 Å². The lowest BCUT2D eigenvalue weighted by atomic mass is 9.88. The molecule has 3 atom stereocenters. The minimum absolute atomic E-state index is 0.122. The molecule has 1 fully saturated rings. The second kappa shape index (κ2) is 7.70. The molecule has 1 aliphatic heterocycles. The molecule has 0 saturated carbocycles. The van der Waals surface area contributed by atoms with Gasteiger partial charge in [-0.25, -0.2) is 0 Å². The van der Waals surface area contributed by atoms with Gasteiger partial charge in [-0.05, 0) is 45.7 Å². The predicted octanol–water partition coefficient (Wildman–Crippen LogP) is 2.39.